The first kappa shape index (κ1) is 14.5. The van der Waals surface area contributed by atoms with Crippen molar-refractivity contribution in [2.45, 2.75) is 25.0 Å². The van der Waals surface area contributed by atoms with E-state index in [-0.39, 0.29) is 5.82 Å². The Morgan fingerprint density at radius 3 is 2.76 bits per heavy atom. The van der Waals surface area contributed by atoms with Gasteiger partial charge in [-0.05, 0) is 48.7 Å². The lowest BCUT2D eigenvalue weighted by Crippen LogP contribution is -2.29. The van der Waals surface area contributed by atoms with Gasteiger partial charge in [-0.2, -0.15) is 0 Å². The molecule has 1 fully saturated rings. The molecule has 5 heteroatoms. The van der Waals surface area contributed by atoms with Gasteiger partial charge in [0.15, 0.2) is 0 Å². The average molecular weight is 351 g/mol. The largest absolute Gasteiger partial charge is 0.490 e. The highest BCUT2D eigenvalue weighted by molar-refractivity contribution is 9.10. The monoisotopic (exact) mass is 350 g/mol. The summed E-state index contributed by atoms with van der Waals surface area (Å²) in [5, 5.41) is 0. The van der Waals surface area contributed by atoms with Crippen LogP contribution in [0.1, 0.15) is 30.0 Å². The zero-order valence-corrected chi connectivity index (χ0v) is 12.9. The van der Waals surface area contributed by atoms with E-state index >= 15 is 0 Å². The van der Waals surface area contributed by atoms with Gasteiger partial charge >= 0.3 is 0 Å². The lowest BCUT2D eigenvalue weighted by molar-refractivity contribution is 0.302. The molecule has 3 nitrogen and oxygen atoms in total. The Hall–Kier alpha value is -1.43. The number of hydrazine groups is 1. The number of nitrogens with two attached hydrogens (primary N) is 1. The molecule has 1 saturated carbocycles. The summed E-state index contributed by atoms with van der Waals surface area (Å²) in [7, 11) is 0. The maximum absolute atomic E-state index is 14.1. The van der Waals surface area contributed by atoms with Crippen LogP contribution >= 0.6 is 15.9 Å². The van der Waals surface area contributed by atoms with Gasteiger partial charge in [-0.1, -0.05) is 28.1 Å². The molecule has 0 heterocycles. The van der Waals surface area contributed by atoms with E-state index in [0.717, 1.165) is 28.6 Å². The van der Waals surface area contributed by atoms with Crippen LogP contribution in [0.15, 0.2) is 46.9 Å². The summed E-state index contributed by atoms with van der Waals surface area (Å²) in [4.78, 5) is 0. The quantitative estimate of drug-likeness (QED) is 0.638. The fraction of sp³-hybridized carbons (Fsp3) is 0.250. The van der Waals surface area contributed by atoms with Crippen LogP contribution in [0.4, 0.5) is 4.39 Å². The van der Waals surface area contributed by atoms with Gasteiger partial charge in [0, 0.05) is 10.0 Å². The molecule has 2 aromatic carbocycles. The van der Waals surface area contributed by atoms with Crippen LogP contribution < -0.4 is 16.0 Å². The van der Waals surface area contributed by atoms with E-state index in [1.54, 1.807) is 12.1 Å². The van der Waals surface area contributed by atoms with Crippen molar-refractivity contribution in [2.75, 3.05) is 0 Å². The van der Waals surface area contributed by atoms with Crippen molar-refractivity contribution in [3.8, 4) is 5.75 Å². The molecule has 2 aromatic rings. The van der Waals surface area contributed by atoms with Crippen LogP contribution in [0.25, 0.3) is 0 Å². The standard InChI is InChI=1S/C16H16BrFN2O/c17-11-4-7-15(18)14(9-11)16(20-19)10-2-1-3-13(8-10)21-12-5-6-12/h1-4,7-9,12,16,20H,5-6,19H2. The number of rotatable bonds is 5. The third-order valence-electron chi connectivity index (χ3n) is 3.45. The zero-order valence-electron chi connectivity index (χ0n) is 11.4. The van der Waals surface area contributed by atoms with Gasteiger partial charge in [-0.3, -0.25) is 5.84 Å². The molecule has 0 aromatic heterocycles. The number of hydrogen-bond acceptors (Lipinski definition) is 3. The first-order valence-corrected chi connectivity index (χ1v) is 7.64. The minimum atomic E-state index is -0.426. The van der Waals surface area contributed by atoms with Crippen LogP contribution in [0.5, 0.6) is 5.75 Å². The molecule has 3 rings (SSSR count). The lowest BCUT2D eigenvalue weighted by Gasteiger charge is -2.19. The second kappa shape index (κ2) is 6.13. The number of nitrogens with one attached hydrogen (secondary N) is 1. The molecule has 0 radical (unpaired) electrons. The van der Waals surface area contributed by atoms with Gasteiger partial charge in [-0.15, -0.1) is 0 Å². The smallest absolute Gasteiger partial charge is 0.128 e. The summed E-state index contributed by atoms with van der Waals surface area (Å²) in [5.41, 5.74) is 4.05. The molecule has 0 saturated heterocycles. The van der Waals surface area contributed by atoms with E-state index in [4.69, 9.17) is 10.6 Å². The molecule has 110 valence electrons. The molecular formula is C16H16BrFN2O. The Balaban J connectivity index is 1.93. The maximum atomic E-state index is 14.1. The molecule has 21 heavy (non-hydrogen) atoms. The van der Waals surface area contributed by atoms with E-state index in [9.17, 15) is 4.39 Å². The van der Waals surface area contributed by atoms with Gasteiger partial charge in [0.05, 0.1) is 12.1 Å². The highest BCUT2D eigenvalue weighted by atomic mass is 79.9. The van der Waals surface area contributed by atoms with E-state index in [0.29, 0.717) is 11.7 Å². The molecular weight excluding hydrogens is 335 g/mol. The van der Waals surface area contributed by atoms with E-state index in [2.05, 4.69) is 21.4 Å². The van der Waals surface area contributed by atoms with Crippen LogP contribution in [0, 0.1) is 5.82 Å². The molecule has 0 spiro atoms. The third kappa shape index (κ3) is 3.43. The van der Waals surface area contributed by atoms with E-state index in [1.165, 1.54) is 6.07 Å². The van der Waals surface area contributed by atoms with Crippen molar-refractivity contribution in [1.82, 2.24) is 5.43 Å². The molecule has 3 N–H and O–H groups in total. The molecule has 0 amide bonds. The minimum Gasteiger partial charge on any atom is -0.490 e. The lowest BCUT2D eigenvalue weighted by atomic mass is 9.98. The number of halogens is 2. The first-order valence-electron chi connectivity index (χ1n) is 6.85. The second-order valence-corrected chi connectivity index (χ2v) is 6.07. The highest BCUT2D eigenvalue weighted by Crippen LogP contribution is 2.31. The molecule has 0 bridgehead atoms. The Bertz CT molecular complexity index is 646. The Labute approximate surface area is 131 Å². The Kier molecular flexibility index (Phi) is 4.24. The normalized spacial score (nSPS) is 15.8. The minimum absolute atomic E-state index is 0.297. The SMILES string of the molecule is NNC(c1cccc(OC2CC2)c1)c1cc(Br)ccc1F. The number of hydrogen-bond donors (Lipinski definition) is 2. The van der Waals surface area contributed by atoms with Crippen molar-refractivity contribution in [1.29, 1.82) is 0 Å². The van der Waals surface area contributed by atoms with Crippen molar-refractivity contribution >= 4 is 15.9 Å². The number of ether oxygens (including phenoxy) is 1. The second-order valence-electron chi connectivity index (χ2n) is 5.16. The molecule has 1 unspecified atom stereocenters. The van der Waals surface area contributed by atoms with Crippen molar-refractivity contribution in [3.63, 3.8) is 0 Å². The summed E-state index contributed by atoms with van der Waals surface area (Å²) in [6, 6.07) is 12.0. The predicted molar refractivity (Wildman–Crippen MR) is 83.4 cm³/mol. The van der Waals surface area contributed by atoms with Crippen LogP contribution in [-0.2, 0) is 0 Å². The van der Waals surface area contributed by atoms with Crippen LogP contribution in [0.2, 0.25) is 0 Å². The summed E-state index contributed by atoms with van der Waals surface area (Å²) >= 11 is 3.36. The average Bonchev–Trinajstić information content (AvgIpc) is 3.28. The molecule has 1 aliphatic rings. The summed E-state index contributed by atoms with van der Waals surface area (Å²) in [5.74, 6) is 6.15. The summed E-state index contributed by atoms with van der Waals surface area (Å²) < 4.78 is 20.7. The van der Waals surface area contributed by atoms with Crippen LogP contribution in [-0.4, -0.2) is 6.10 Å². The van der Waals surface area contributed by atoms with Gasteiger partial charge < -0.3 is 4.74 Å². The van der Waals surface area contributed by atoms with Crippen molar-refractivity contribution in [2.24, 2.45) is 5.84 Å². The molecule has 0 aliphatic heterocycles. The summed E-state index contributed by atoms with van der Waals surface area (Å²) in [6.07, 6.45) is 2.53. The fourth-order valence-electron chi connectivity index (χ4n) is 2.25. The fourth-order valence-corrected chi connectivity index (χ4v) is 2.63. The van der Waals surface area contributed by atoms with Crippen molar-refractivity contribution < 1.29 is 9.13 Å². The molecule has 1 aliphatic carbocycles. The van der Waals surface area contributed by atoms with Gasteiger partial charge in [0.1, 0.15) is 11.6 Å². The van der Waals surface area contributed by atoms with Gasteiger partial charge in [0.2, 0.25) is 0 Å². The number of benzene rings is 2. The van der Waals surface area contributed by atoms with Crippen LogP contribution in [0.3, 0.4) is 0 Å². The maximum Gasteiger partial charge on any atom is 0.128 e. The first-order chi connectivity index (χ1) is 10.2. The topological polar surface area (TPSA) is 47.3 Å². The van der Waals surface area contributed by atoms with E-state index < -0.39 is 6.04 Å². The summed E-state index contributed by atoms with van der Waals surface area (Å²) in [6.45, 7) is 0. The highest BCUT2D eigenvalue weighted by Gasteiger charge is 2.24. The predicted octanol–water partition coefficient (Wildman–Crippen LogP) is 3.68. The molecule has 1 atom stereocenters. The van der Waals surface area contributed by atoms with E-state index in [1.807, 2.05) is 24.3 Å². The van der Waals surface area contributed by atoms with Gasteiger partial charge in [-0.25, -0.2) is 9.82 Å². The third-order valence-corrected chi connectivity index (χ3v) is 3.95. The van der Waals surface area contributed by atoms with Gasteiger partial charge in [0.25, 0.3) is 0 Å². The Morgan fingerprint density at radius 2 is 2.05 bits per heavy atom. The Morgan fingerprint density at radius 1 is 1.24 bits per heavy atom. The van der Waals surface area contributed by atoms with Crippen molar-refractivity contribution in [3.05, 3.63) is 63.9 Å². The zero-order chi connectivity index (χ0) is 14.8.